The first kappa shape index (κ1) is 16.4. The van der Waals surface area contributed by atoms with Crippen LogP contribution in [0.4, 0.5) is 11.8 Å². The van der Waals surface area contributed by atoms with Crippen molar-refractivity contribution in [2.45, 2.75) is 25.8 Å². The van der Waals surface area contributed by atoms with Gasteiger partial charge in [-0.3, -0.25) is 4.98 Å². The average molecular weight is 347 g/mol. The maximum absolute atomic E-state index is 4.77. The van der Waals surface area contributed by atoms with Gasteiger partial charge in [0, 0.05) is 61.2 Å². The first-order valence-corrected chi connectivity index (χ1v) is 8.82. The van der Waals surface area contributed by atoms with Crippen molar-refractivity contribution in [3.63, 3.8) is 0 Å². The van der Waals surface area contributed by atoms with Gasteiger partial charge in [-0.25, -0.2) is 19.9 Å². The standard InChI is InChI=1S/C19H21N7/c1-14-12-17(25-18(23-14)15-4-2-7-20-13-15)26-10-5-16(6-11-26)24-19-21-8-3-9-22-19/h2-4,7-9,12-13,16H,5-6,10-11H2,1H3,(H,21,22,24). The molecule has 0 amide bonds. The first-order chi connectivity index (χ1) is 12.8. The lowest BCUT2D eigenvalue weighted by atomic mass is 10.1. The van der Waals surface area contributed by atoms with Crippen LogP contribution in [0.1, 0.15) is 18.5 Å². The van der Waals surface area contributed by atoms with Gasteiger partial charge in [0.15, 0.2) is 5.82 Å². The molecule has 132 valence electrons. The predicted molar refractivity (Wildman–Crippen MR) is 101 cm³/mol. The third kappa shape index (κ3) is 3.77. The first-order valence-electron chi connectivity index (χ1n) is 8.82. The van der Waals surface area contributed by atoms with Crippen LogP contribution in [0, 0.1) is 6.92 Å². The van der Waals surface area contributed by atoms with Crippen LogP contribution in [0.2, 0.25) is 0 Å². The lowest BCUT2D eigenvalue weighted by molar-refractivity contribution is 0.520. The summed E-state index contributed by atoms with van der Waals surface area (Å²) in [5.41, 5.74) is 1.90. The zero-order valence-corrected chi connectivity index (χ0v) is 14.7. The van der Waals surface area contributed by atoms with Gasteiger partial charge in [0.2, 0.25) is 5.95 Å². The van der Waals surface area contributed by atoms with E-state index in [9.17, 15) is 0 Å². The SMILES string of the molecule is Cc1cc(N2CCC(Nc3ncccn3)CC2)nc(-c2cccnc2)n1. The highest BCUT2D eigenvalue weighted by molar-refractivity contribution is 5.56. The van der Waals surface area contributed by atoms with Gasteiger partial charge in [0.25, 0.3) is 0 Å². The zero-order chi connectivity index (χ0) is 17.8. The molecule has 0 bridgehead atoms. The van der Waals surface area contributed by atoms with E-state index >= 15 is 0 Å². The molecule has 0 spiro atoms. The molecule has 7 heteroatoms. The Hall–Kier alpha value is -3.09. The molecule has 26 heavy (non-hydrogen) atoms. The summed E-state index contributed by atoms with van der Waals surface area (Å²) in [6.45, 7) is 3.88. The van der Waals surface area contributed by atoms with Crippen molar-refractivity contribution >= 4 is 11.8 Å². The van der Waals surface area contributed by atoms with Gasteiger partial charge in [-0.15, -0.1) is 0 Å². The molecule has 7 nitrogen and oxygen atoms in total. The van der Waals surface area contributed by atoms with Crippen LogP contribution in [-0.2, 0) is 0 Å². The molecule has 0 radical (unpaired) electrons. The van der Waals surface area contributed by atoms with Crippen molar-refractivity contribution in [1.82, 2.24) is 24.9 Å². The van der Waals surface area contributed by atoms with Gasteiger partial charge >= 0.3 is 0 Å². The van der Waals surface area contributed by atoms with Gasteiger partial charge in [0.1, 0.15) is 5.82 Å². The van der Waals surface area contributed by atoms with Crippen molar-refractivity contribution in [1.29, 1.82) is 0 Å². The van der Waals surface area contributed by atoms with Gasteiger partial charge in [-0.05, 0) is 38.0 Å². The molecular formula is C19H21N7. The van der Waals surface area contributed by atoms with Crippen LogP contribution in [0.5, 0.6) is 0 Å². The number of nitrogens with one attached hydrogen (secondary N) is 1. The smallest absolute Gasteiger partial charge is 0.222 e. The minimum absolute atomic E-state index is 0.384. The average Bonchev–Trinajstić information content (AvgIpc) is 2.70. The minimum atomic E-state index is 0.384. The Balaban J connectivity index is 1.45. The second-order valence-electron chi connectivity index (χ2n) is 6.41. The van der Waals surface area contributed by atoms with Crippen molar-refractivity contribution in [2.24, 2.45) is 0 Å². The molecule has 3 aromatic rings. The highest BCUT2D eigenvalue weighted by Crippen LogP contribution is 2.23. The van der Waals surface area contributed by atoms with Crippen LogP contribution < -0.4 is 10.2 Å². The van der Waals surface area contributed by atoms with Gasteiger partial charge in [0.05, 0.1) is 0 Å². The molecule has 1 fully saturated rings. The van der Waals surface area contributed by atoms with E-state index in [1.165, 1.54) is 0 Å². The third-order valence-electron chi connectivity index (χ3n) is 4.48. The number of nitrogens with zero attached hydrogens (tertiary/aromatic N) is 6. The summed E-state index contributed by atoms with van der Waals surface area (Å²) < 4.78 is 0. The minimum Gasteiger partial charge on any atom is -0.356 e. The van der Waals surface area contributed by atoms with E-state index in [-0.39, 0.29) is 0 Å². The van der Waals surface area contributed by atoms with Crippen molar-refractivity contribution in [3.05, 3.63) is 54.7 Å². The fourth-order valence-electron chi connectivity index (χ4n) is 3.15. The Morgan fingerprint density at radius 1 is 1.04 bits per heavy atom. The summed E-state index contributed by atoms with van der Waals surface area (Å²) in [4.78, 5) is 24.3. The van der Waals surface area contributed by atoms with Crippen LogP contribution >= 0.6 is 0 Å². The fraction of sp³-hybridized carbons (Fsp3) is 0.316. The number of anilines is 2. The Labute approximate surface area is 152 Å². The molecule has 1 aliphatic heterocycles. The van der Waals surface area contributed by atoms with Crippen LogP contribution in [0.3, 0.4) is 0 Å². The van der Waals surface area contributed by atoms with Crippen LogP contribution in [0.15, 0.2) is 49.1 Å². The molecule has 4 heterocycles. The van der Waals surface area contributed by atoms with E-state index in [4.69, 9.17) is 4.98 Å². The maximum atomic E-state index is 4.77. The Morgan fingerprint density at radius 2 is 1.85 bits per heavy atom. The van der Waals surface area contributed by atoms with Crippen LogP contribution in [0.25, 0.3) is 11.4 Å². The number of rotatable bonds is 4. The molecule has 3 aromatic heterocycles. The molecule has 0 aliphatic carbocycles. The van der Waals surface area contributed by atoms with E-state index < -0.39 is 0 Å². The molecule has 1 aliphatic rings. The highest BCUT2D eigenvalue weighted by Gasteiger charge is 2.21. The summed E-state index contributed by atoms with van der Waals surface area (Å²) in [7, 11) is 0. The third-order valence-corrected chi connectivity index (χ3v) is 4.48. The quantitative estimate of drug-likeness (QED) is 0.777. The molecule has 1 saturated heterocycles. The van der Waals surface area contributed by atoms with Crippen molar-refractivity contribution in [3.8, 4) is 11.4 Å². The van der Waals surface area contributed by atoms with Gasteiger partial charge in [-0.1, -0.05) is 0 Å². The Bertz CT molecular complexity index is 846. The zero-order valence-electron chi connectivity index (χ0n) is 14.7. The number of pyridine rings is 1. The molecule has 0 aromatic carbocycles. The Morgan fingerprint density at radius 3 is 2.58 bits per heavy atom. The largest absolute Gasteiger partial charge is 0.356 e. The number of aryl methyl sites for hydroxylation is 1. The second-order valence-corrected chi connectivity index (χ2v) is 6.41. The molecule has 0 atom stereocenters. The van der Waals surface area contributed by atoms with E-state index in [2.05, 4.69) is 30.2 Å². The number of hydrogen-bond donors (Lipinski definition) is 1. The molecule has 4 rings (SSSR count). The summed E-state index contributed by atoms with van der Waals surface area (Å²) in [5.74, 6) is 2.40. The number of hydrogen-bond acceptors (Lipinski definition) is 7. The number of piperidine rings is 1. The van der Waals surface area contributed by atoms with Crippen LogP contribution in [-0.4, -0.2) is 44.1 Å². The van der Waals surface area contributed by atoms with E-state index in [1.54, 1.807) is 24.8 Å². The predicted octanol–water partition coefficient (Wildman–Crippen LogP) is 2.72. The van der Waals surface area contributed by atoms with Crippen molar-refractivity contribution in [2.75, 3.05) is 23.3 Å². The normalized spacial score (nSPS) is 15.0. The summed E-state index contributed by atoms with van der Waals surface area (Å²) in [5, 5.41) is 3.41. The maximum Gasteiger partial charge on any atom is 0.222 e. The summed E-state index contributed by atoms with van der Waals surface area (Å²) in [6.07, 6.45) is 9.11. The fourth-order valence-corrected chi connectivity index (χ4v) is 3.15. The molecule has 1 N–H and O–H groups in total. The molecular weight excluding hydrogens is 326 g/mol. The van der Waals surface area contributed by atoms with Gasteiger partial charge < -0.3 is 10.2 Å². The van der Waals surface area contributed by atoms with E-state index in [0.29, 0.717) is 12.0 Å². The second kappa shape index (κ2) is 7.43. The lowest BCUT2D eigenvalue weighted by Gasteiger charge is -2.33. The number of aromatic nitrogens is 5. The topological polar surface area (TPSA) is 79.7 Å². The summed E-state index contributed by atoms with van der Waals surface area (Å²) >= 11 is 0. The lowest BCUT2D eigenvalue weighted by Crippen LogP contribution is -2.39. The molecule has 0 unspecified atom stereocenters. The van der Waals surface area contributed by atoms with Gasteiger partial charge in [-0.2, -0.15) is 0 Å². The highest BCUT2D eigenvalue weighted by atomic mass is 15.2. The monoisotopic (exact) mass is 347 g/mol. The van der Waals surface area contributed by atoms with E-state index in [1.807, 2.05) is 31.2 Å². The van der Waals surface area contributed by atoms with Crippen molar-refractivity contribution < 1.29 is 0 Å². The Kier molecular flexibility index (Phi) is 4.68. The molecule has 0 saturated carbocycles. The van der Waals surface area contributed by atoms with E-state index in [0.717, 1.165) is 48.8 Å². The summed E-state index contributed by atoms with van der Waals surface area (Å²) in [6, 6.07) is 8.15.